The molecule has 0 saturated heterocycles. The highest BCUT2D eigenvalue weighted by Crippen LogP contribution is 2.42. The maximum absolute atomic E-state index is 11.3. The highest BCUT2D eigenvalue weighted by Gasteiger charge is 2.46. The Balaban J connectivity index is 0. The first-order chi connectivity index (χ1) is 15.2. The zero-order valence-electron chi connectivity index (χ0n) is 21.4. The zero-order valence-corrected chi connectivity index (χ0v) is 22.2. The number of aromatic nitrogens is 1. The lowest BCUT2D eigenvalue weighted by Gasteiger charge is -2.21. The Morgan fingerprint density at radius 1 is 1.09 bits per heavy atom. The average molecular weight is 464 g/mol. The summed E-state index contributed by atoms with van der Waals surface area (Å²) in [6.07, 6.45) is 3.43. The number of Topliss-reactive ketones (excluding diaryl/α,β-unsaturated/α-hetero) is 2. The molecule has 1 N–H and O–H groups in total. The van der Waals surface area contributed by atoms with Crippen LogP contribution in [-0.4, -0.2) is 49.6 Å². The first-order valence-electron chi connectivity index (χ1n) is 11.2. The van der Waals surface area contributed by atoms with Gasteiger partial charge in [0.2, 0.25) is 0 Å². The Morgan fingerprint density at radius 2 is 1.62 bits per heavy atom. The van der Waals surface area contributed by atoms with E-state index in [1.54, 1.807) is 19.3 Å². The van der Waals surface area contributed by atoms with Crippen molar-refractivity contribution in [1.82, 2.24) is 15.2 Å². The summed E-state index contributed by atoms with van der Waals surface area (Å²) in [5.41, 5.74) is 2.00. The van der Waals surface area contributed by atoms with E-state index in [0.717, 1.165) is 11.1 Å². The molecule has 180 valence electrons. The molecule has 1 aliphatic carbocycles. The van der Waals surface area contributed by atoms with E-state index in [2.05, 4.69) is 10.3 Å². The number of halogens is 1. The SMILES string of the molecule is CC.CC.CC(=O)C(c1cccnc1)N(C)C.CC1C(=O)C1c1cccc(Cl)c1.CNC. The molecule has 3 rings (SSSR count). The molecular formula is C26H42ClN3O2. The van der Waals surface area contributed by atoms with Crippen LogP contribution in [0.25, 0.3) is 0 Å². The van der Waals surface area contributed by atoms with Crippen LogP contribution in [0.2, 0.25) is 5.02 Å². The van der Waals surface area contributed by atoms with Gasteiger partial charge in [0.05, 0.1) is 12.0 Å². The van der Waals surface area contributed by atoms with Crippen LogP contribution in [-0.2, 0) is 9.59 Å². The molecule has 1 heterocycles. The summed E-state index contributed by atoms with van der Waals surface area (Å²) in [6.45, 7) is 11.5. The maximum atomic E-state index is 11.3. The lowest BCUT2D eigenvalue weighted by Crippen LogP contribution is -2.25. The van der Waals surface area contributed by atoms with E-state index in [1.165, 1.54) is 0 Å². The predicted molar refractivity (Wildman–Crippen MR) is 137 cm³/mol. The summed E-state index contributed by atoms with van der Waals surface area (Å²) < 4.78 is 0. The second kappa shape index (κ2) is 18.5. The number of nitrogens with one attached hydrogen (secondary N) is 1. The number of benzene rings is 1. The third kappa shape index (κ3) is 11.5. The van der Waals surface area contributed by atoms with Crippen LogP contribution in [0.15, 0.2) is 48.8 Å². The van der Waals surface area contributed by atoms with Gasteiger partial charge in [-0.2, -0.15) is 0 Å². The van der Waals surface area contributed by atoms with Crippen LogP contribution >= 0.6 is 11.6 Å². The second-order valence-electron chi connectivity index (χ2n) is 6.99. The molecule has 3 atom stereocenters. The number of pyridine rings is 1. The molecule has 0 aliphatic heterocycles. The molecule has 0 radical (unpaired) electrons. The topological polar surface area (TPSA) is 62.3 Å². The van der Waals surface area contributed by atoms with Crippen LogP contribution in [0, 0.1) is 5.92 Å². The molecule has 5 nitrogen and oxygen atoms in total. The molecule has 1 aliphatic rings. The van der Waals surface area contributed by atoms with Crippen LogP contribution < -0.4 is 5.32 Å². The third-order valence-corrected chi connectivity index (χ3v) is 4.49. The summed E-state index contributed by atoms with van der Waals surface area (Å²) in [7, 11) is 7.53. The first kappa shape index (κ1) is 32.1. The minimum absolute atomic E-state index is 0.115. The fraction of sp³-hybridized carbons (Fsp3) is 0.500. The number of carbonyl (C=O) groups is 2. The zero-order chi connectivity index (χ0) is 25.3. The number of nitrogens with zero attached hydrogens (tertiary/aromatic N) is 2. The lowest BCUT2D eigenvalue weighted by molar-refractivity contribution is -0.121. The van der Waals surface area contributed by atoms with Crippen LogP contribution in [0.4, 0.5) is 0 Å². The molecule has 1 fully saturated rings. The molecule has 32 heavy (non-hydrogen) atoms. The minimum atomic E-state index is -0.173. The van der Waals surface area contributed by atoms with Gasteiger partial charge in [-0.1, -0.05) is 64.4 Å². The van der Waals surface area contributed by atoms with Gasteiger partial charge >= 0.3 is 0 Å². The highest BCUT2D eigenvalue weighted by atomic mass is 35.5. The van der Waals surface area contributed by atoms with E-state index in [4.69, 9.17) is 11.6 Å². The van der Waals surface area contributed by atoms with E-state index in [1.807, 2.05) is 104 Å². The van der Waals surface area contributed by atoms with Crippen LogP contribution in [0.3, 0.4) is 0 Å². The van der Waals surface area contributed by atoms with Crippen molar-refractivity contribution in [3.8, 4) is 0 Å². The molecular weight excluding hydrogens is 422 g/mol. The van der Waals surface area contributed by atoms with Crippen molar-refractivity contribution in [2.45, 2.75) is 53.5 Å². The van der Waals surface area contributed by atoms with Crippen molar-refractivity contribution < 1.29 is 9.59 Å². The van der Waals surface area contributed by atoms with E-state index in [-0.39, 0.29) is 23.7 Å². The minimum Gasteiger partial charge on any atom is -0.323 e. The van der Waals surface area contributed by atoms with Crippen molar-refractivity contribution in [2.24, 2.45) is 5.92 Å². The van der Waals surface area contributed by atoms with Crippen molar-refractivity contribution in [3.05, 3.63) is 64.9 Å². The monoisotopic (exact) mass is 463 g/mol. The Labute approximate surface area is 200 Å². The van der Waals surface area contributed by atoms with Crippen molar-refractivity contribution in [2.75, 3.05) is 28.2 Å². The number of hydrogen-bond acceptors (Lipinski definition) is 5. The average Bonchev–Trinajstić information content (AvgIpc) is 3.38. The fourth-order valence-electron chi connectivity index (χ4n) is 2.95. The Kier molecular flexibility index (Phi) is 18.5. The molecule has 0 bridgehead atoms. The molecule has 1 aromatic carbocycles. The molecule has 0 amide bonds. The van der Waals surface area contributed by atoms with E-state index in [0.29, 0.717) is 10.8 Å². The van der Waals surface area contributed by atoms with Gasteiger partial charge in [-0.15, -0.1) is 0 Å². The number of ketones is 2. The fourth-order valence-corrected chi connectivity index (χ4v) is 3.15. The quantitative estimate of drug-likeness (QED) is 0.620. The molecule has 6 heteroatoms. The Morgan fingerprint density at radius 3 is 1.97 bits per heavy atom. The van der Waals surface area contributed by atoms with E-state index < -0.39 is 0 Å². The molecule has 1 saturated carbocycles. The van der Waals surface area contributed by atoms with Gasteiger partial charge in [0, 0.05) is 23.3 Å². The van der Waals surface area contributed by atoms with Crippen LogP contribution in [0.5, 0.6) is 0 Å². The highest BCUT2D eigenvalue weighted by molar-refractivity contribution is 6.30. The van der Waals surface area contributed by atoms with Crippen molar-refractivity contribution in [3.63, 3.8) is 0 Å². The Hall–Kier alpha value is -2.08. The lowest BCUT2D eigenvalue weighted by atomic mass is 10.1. The summed E-state index contributed by atoms with van der Waals surface area (Å²) in [5, 5.41) is 3.46. The molecule has 0 spiro atoms. The number of hydrogen-bond donors (Lipinski definition) is 1. The first-order valence-corrected chi connectivity index (χ1v) is 11.6. The summed E-state index contributed by atoms with van der Waals surface area (Å²) in [4.78, 5) is 28.3. The third-order valence-electron chi connectivity index (χ3n) is 4.26. The van der Waals surface area contributed by atoms with Crippen LogP contribution in [0.1, 0.15) is 64.6 Å². The van der Waals surface area contributed by atoms with Gasteiger partial charge in [0.1, 0.15) is 5.78 Å². The normalized spacial score (nSPS) is 16.4. The molecule has 1 aromatic heterocycles. The summed E-state index contributed by atoms with van der Waals surface area (Å²) in [6, 6.07) is 11.1. The number of rotatable bonds is 4. The molecule has 3 unspecified atom stereocenters. The second-order valence-corrected chi connectivity index (χ2v) is 7.42. The van der Waals surface area contributed by atoms with Gasteiger partial charge in [-0.25, -0.2) is 0 Å². The maximum Gasteiger partial charge on any atom is 0.151 e. The predicted octanol–water partition coefficient (Wildman–Crippen LogP) is 5.80. The van der Waals surface area contributed by atoms with Crippen molar-refractivity contribution in [1.29, 1.82) is 0 Å². The number of likely N-dealkylation sites (N-methyl/N-ethyl adjacent to an activating group) is 1. The van der Waals surface area contributed by atoms with E-state index >= 15 is 0 Å². The van der Waals surface area contributed by atoms with Gasteiger partial charge in [-0.3, -0.25) is 19.5 Å². The summed E-state index contributed by atoms with van der Waals surface area (Å²) >= 11 is 5.80. The smallest absolute Gasteiger partial charge is 0.151 e. The van der Waals surface area contributed by atoms with Gasteiger partial charge in [0.25, 0.3) is 0 Å². The largest absolute Gasteiger partial charge is 0.323 e. The van der Waals surface area contributed by atoms with E-state index in [9.17, 15) is 9.59 Å². The van der Waals surface area contributed by atoms with Gasteiger partial charge < -0.3 is 5.32 Å². The summed E-state index contributed by atoms with van der Waals surface area (Å²) in [5.74, 6) is 0.780. The standard InChI is InChI=1S/C10H9ClO.C10H14N2O.C2H7N.2C2H6/c1-6-9(10(6)12)7-3-2-4-8(11)5-7;1-8(13)10(12(2)3)9-5-4-6-11-7-9;1-3-2;2*1-2/h2-6,9H,1H3;4-7,10H,1-3H3;3H,1-2H3;2*1-2H3. The van der Waals surface area contributed by atoms with Crippen molar-refractivity contribution >= 4 is 23.2 Å². The van der Waals surface area contributed by atoms with Gasteiger partial charge in [0.15, 0.2) is 5.78 Å². The Bertz CT molecular complexity index is 767. The molecule has 2 aromatic rings. The number of carbonyl (C=O) groups excluding carboxylic acids is 2. The van der Waals surface area contributed by atoms with Gasteiger partial charge in [-0.05, 0) is 64.4 Å².